The minimum atomic E-state index is -1.14. The monoisotopic (exact) mass is 546 g/mol. The van der Waals surface area contributed by atoms with Crippen molar-refractivity contribution in [1.82, 2.24) is 15.2 Å². The number of hydrogen-bond acceptors (Lipinski definition) is 7. The standard InChI is InChI=1S/C28H39ClN4O5/c1-16(2)38-27(36)33-23(19-10-9-13-30-25(19)32(6)7)22(21(28(3,4)5)24(33)26(34)35)31-15-17-14-18(29)11-12-20(17)37-8/h9-14,16,21-24,31H,15H2,1-8H3,(H,34,35). The van der Waals surface area contributed by atoms with Crippen molar-refractivity contribution < 1.29 is 24.2 Å². The lowest BCUT2D eigenvalue weighted by atomic mass is 9.72. The second-order valence-electron chi connectivity index (χ2n) is 11.1. The van der Waals surface area contributed by atoms with Gasteiger partial charge in [-0.2, -0.15) is 0 Å². The van der Waals surface area contributed by atoms with Gasteiger partial charge in [0.05, 0.1) is 19.3 Å². The molecule has 2 heterocycles. The molecule has 0 saturated carbocycles. The van der Waals surface area contributed by atoms with Crippen LogP contribution in [0.5, 0.6) is 5.75 Å². The maximum Gasteiger partial charge on any atom is 0.411 e. The molecule has 2 aromatic rings. The first-order valence-corrected chi connectivity index (χ1v) is 13.1. The van der Waals surface area contributed by atoms with Gasteiger partial charge < -0.3 is 24.8 Å². The maximum atomic E-state index is 13.6. The van der Waals surface area contributed by atoms with Gasteiger partial charge in [-0.3, -0.25) is 4.90 Å². The van der Waals surface area contributed by atoms with Gasteiger partial charge in [0.15, 0.2) is 0 Å². The van der Waals surface area contributed by atoms with Crippen LogP contribution in [0.25, 0.3) is 0 Å². The predicted molar refractivity (Wildman–Crippen MR) is 148 cm³/mol. The van der Waals surface area contributed by atoms with Gasteiger partial charge in [-0.05, 0) is 43.5 Å². The number of carboxylic acid groups (broad SMARTS) is 1. The fourth-order valence-electron chi connectivity index (χ4n) is 5.40. The van der Waals surface area contributed by atoms with Crippen molar-refractivity contribution in [2.45, 2.75) is 65.4 Å². The van der Waals surface area contributed by atoms with E-state index in [0.717, 1.165) is 11.1 Å². The first-order valence-electron chi connectivity index (χ1n) is 12.7. The lowest BCUT2D eigenvalue weighted by Gasteiger charge is -2.35. The van der Waals surface area contributed by atoms with E-state index in [1.807, 2.05) is 51.9 Å². The van der Waals surface area contributed by atoms with Crippen molar-refractivity contribution in [3.8, 4) is 5.75 Å². The van der Waals surface area contributed by atoms with Crippen LogP contribution in [-0.2, 0) is 16.1 Å². The summed E-state index contributed by atoms with van der Waals surface area (Å²) in [6.45, 7) is 9.81. The minimum absolute atomic E-state index is 0.342. The number of halogens is 1. The summed E-state index contributed by atoms with van der Waals surface area (Å²) in [6, 6.07) is 6.77. The number of aliphatic carboxylic acids is 1. The number of pyridine rings is 1. The molecule has 0 aliphatic carbocycles. The van der Waals surface area contributed by atoms with Crippen molar-refractivity contribution in [3.05, 3.63) is 52.7 Å². The number of rotatable bonds is 8. The number of carbonyl (C=O) groups is 2. The molecule has 1 aromatic carbocycles. The Hall–Kier alpha value is -3.04. The van der Waals surface area contributed by atoms with Crippen molar-refractivity contribution in [3.63, 3.8) is 0 Å². The lowest BCUT2D eigenvalue weighted by molar-refractivity contribution is -0.144. The van der Waals surface area contributed by atoms with Crippen molar-refractivity contribution >= 4 is 29.5 Å². The fourth-order valence-corrected chi connectivity index (χ4v) is 5.59. The van der Waals surface area contributed by atoms with Gasteiger partial charge >= 0.3 is 12.1 Å². The van der Waals surface area contributed by atoms with E-state index in [4.69, 9.17) is 21.1 Å². The van der Waals surface area contributed by atoms with Crippen molar-refractivity contribution in [2.75, 3.05) is 26.1 Å². The number of hydrogen-bond donors (Lipinski definition) is 2. The first kappa shape index (κ1) is 29.5. The average molecular weight is 547 g/mol. The Bertz CT molecular complexity index is 1150. The largest absolute Gasteiger partial charge is 0.496 e. The molecule has 1 aliphatic rings. The van der Waals surface area contributed by atoms with Crippen LogP contribution in [0.3, 0.4) is 0 Å². The van der Waals surface area contributed by atoms with Crippen LogP contribution < -0.4 is 15.0 Å². The van der Waals surface area contributed by atoms with Crippen LogP contribution in [0.2, 0.25) is 5.02 Å². The lowest BCUT2D eigenvalue weighted by Crippen LogP contribution is -2.48. The number of amides is 1. The van der Waals surface area contributed by atoms with E-state index in [2.05, 4.69) is 10.3 Å². The van der Waals surface area contributed by atoms with Gasteiger partial charge in [0.25, 0.3) is 0 Å². The topological polar surface area (TPSA) is 104 Å². The molecule has 0 bridgehead atoms. The molecule has 9 nitrogen and oxygen atoms in total. The number of nitrogens with zero attached hydrogens (tertiary/aromatic N) is 3. The van der Waals surface area contributed by atoms with Crippen LogP contribution in [0.1, 0.15) is 51.8 Å². The van der Waals surface area contributed by atoms with Crippen LogP contribution in [0.4, 0.5) is 10.6 Å². The SMILES string of the molecule is COc1ccc(Cl)cc1CNC1C(c2cccnc2N(C)C)N(C(=O)OC(C)C)C(C(=O)O)C1C(C)(C)C. The Morgan fingerprint density at radius 2 is 1.92 bits per heavy atom. The molecular formula is C28H39ClN4O5. The number of carbonyl (C=O) groups excluding carboxylic acids is 1. The van der Waals surface area contributed by atoms with Crippen LogP contribution in [-0.4, -0.2) is 66.4 Å². The summed E-state index contributed by atoms with van der Waals surface area (Å²) in [7, 11) is 5.33. The third-order valence-electron chi connectivity index (χ3n) is 6.80. The number of ether oxygens (including phenoxy) is 2. The Kier molecular flexibility index (Phi) is 9.15. The summed E-state index contributed by atoms with van der Waals surface area (Å²) < 4.78 is 11.2. The van der Waals surface area contributed by atoms with E-state index in [1.54, 1.807) is 45.4 Å². The van der Waals surface area contributed by atoms with Gasteiger partial charge in [0.2, 0.25) is 0 Å². The van der Waals surface area contributed by atoms with Crippen LogP contribution >= 0.6 is 11.6 Å². The molecule has 10 heteroatoms. The van der Waals surface area contributed by atoms with Gasteiger partial charge in [0, 0.05) is 54.9 Å². The summed E-state index contributed by atoms with van der Waals surface area (Å²) in [5, 5.41) is 14.7. The molecule has 0 spiro atoms. The Morgan fingerprint density at radius 3 is 2.47 bits per heavy atom. The Balaban J connectivity index is 2.23. The van der Waals surface area contributed by atoms with Gasteiger partial charge in [-0.25, -0.2) is 14.6 Å². The smallest absolute Gasteiger partial charge is 0.411 e. The van der Waals surface area contributed by atoms with Crippen molar-refractivity contribution in [2.24, 2.45) is 11.3 Å². The van der Waals surface area contributed by atoms with Gasteiger partial charge in [0.1, 0.15) is 17.6 Å². The second-order valence-corrected chi connectivity index (χ2v) is 11.6. The van der Waals surface area contributed by atoms with E-state index in [0.29, 0.717) is 23.1 Å². The normalized spacial score (nSPS) is 21.5. The fraction of sp³-hybridized carbons (Fsp3) is 0.536. The third kappa shape index (κ3) is 6.15. The minimum Gasteiger partial charge on any atom is -0.496 e. The predicted octanol–water partition coefficient (Wildman–Crippen LogP) is 4.99. The summed E-state index contributed by atoms with van der Waals surface area (Å²) >= 11 is 6.28. The molecule has 3 rings (SSSR count). The van der Waals surface area contributed by atoms with Gasteiger partial charge in [-0.1, -0.05) is 38.4 Å². The molecule has 38 heavy (non-hydrogen) atoms. The molecule has 1 amide bonds. The summed E-state index contributed by atoms with van der Waals surface area (Å²) in [6.07, 6.45) is 0.584. The molecule has 1 aliphatic heterocycles. The molecule has 2 N–H and O–H groups in total. The molecular weight excluding hydrogens is 508 g/mol. The number of carboxylic acids is 1. The Morgan fingerprint density at radius 1 is 1.24 bits per heavy atom. The first-order chi connectivity index (χ1) is 17.8. The number of methoxy groups -OCH3 is 1. The summed E-state index contributed by atoms with van der Waals surface area (Å²) in [5.74, 6) is -0.267. The number of likely N-dealkylation sites (tertiary alicyclic amines) is 1. The molecule has 1 saturated heterocycles. The van der Waals surface area contributed by atoms with Crippen molar-refractivity contribution in [1.29, 1.82) is 0 Å². The van der Waals surface area contributed by atoms with E-state index >= 15 is 0 Å². The zero-order chi connectivity index (χ0) is 28.4. The van der Waals surface area contributed by atoms with E-state index < -0.39 is 47.6 Å². The Labute approximate surface area is 230 Å². The number of nitrogens with one attached hydrogen (secondary N) is 1. The molecule has 1 fully saturated rings. The zero-order valence-corrected chi connectivity index (χ0v) is 24.1. The molecule has 4 atom stereocenters. The summed E-state index contributed by atoms with van der Waals surface area (Å²) in [4.78, 5) is 34.3. The van der Waals surface area contributed by atoms with E-state index in [9.17, 15) is 14.7 Å². The molecule has 1 aromatic heterocycles. The van der Waals surface area contributed by atoms with E-state index in [-0.39, 0.29) is 0 Å². The van der Waals surface area contributed by atoms with Crippen LogP contribution in [0, 0.1) is 11.3 Å². The number of aromatic nitrogens is 1. The van der Waals surface area contributed by atoms with Crippen LogP contribution in [0.15, 0.2) is 36.5 Å². The average Bonchev–Trinajstić information content (AvgIpc) is 3.18. The van der Waals surface area contributed by atoms with E-state index in [1.165, 1.54) is 4.90 Å². The summed E-state index contributed by atoms with van der Waals surface area (Å²) in [5.41, 5.74) is 1.05. The zero-order valence-electron chi connectivity index (χ0n) is 23.4. The maximum absolute atomic E-state index is 13.6. The third-order valence-corrected chi connectivity index (χ3v) is 7.03. The second kappa shape index (κ2) is 11.8. The molecule has 0 radical (unpaired) electrons. The number of anilines is 1. The highest BCUT2D eigenvalue weighted by Crippen LogP contribution is 2.49. The highest BCUT2D eigenvalue weighted by atomic mass is 35.5. The van der Waals surface area contributed by atoms with Gasteiger partial charge in [-0.15, -0.1) is 0 Å². The highest BCUT2D eigenvalue weighted by Gasteiger charge is 2.59. The quantitative estimate of drug-likeness (QED) is 0.477. The molecule has 208 valence electrons. The highest BCUT2D eigenvalue weighted by molar-refractivity contribution is 6.30. The molecule has 4 unspecified atom stereocenters. The number of benzene rings is 1.